The van der Waals surface area contributed by atoms with Gasteiger partial charge in [-0.3, -0.25) is 4.79 Å². The summed E-state index contributed by atoms with van der Waals surface area (Å²) in [5.74, 6) is 0.250. The minimum absolute atomic E-state index is 0.0891. The molecule has 0 aromatic heterocycles. The lowest BCUT2D eigenvalue weighted by atomic mass is 10.2. The van der Waals surface area contributed by atoms with Gasteiger partial charge in [0.05, 0.1) is 21.3 Å². The molecule has 1 fully saturated rings. The molecule has 2 aromatic carbocycles. The zero-order valence-corrected chi connectivity index (χ0v) is 17.5. The van der Waals surface area contributed by atoms with E-state index in [9.17, 15) is 9.90 Å². The summed E-state index contributed by atoms with van der Waals surface area (Å²) in [6.45, 7) is 0. The molecule has 0 atom stereocenters. The number of nitrogens with one attached hydrogen (secondary N) is 1. The van der Waals surface area contributed by atoms with E-state index in [2.05, 4.69) is 26.2 Å². The van der Waals surface area contributed by atoms with Gasteiger partial charge in [-0.15, -0.1) is 0 Å². The van der Waals surface area contributed by atoms with E-state index in [-0.39, 0.29) is 11.7 Å². The lowest BCUT2D eigenvalue weighted by Gasteiger charge is -2.06. The zero-order chi connectivity index (χ0) is 18.0. The van der Waals surface area contributed by atoms with E-state index >= 15 is 0 Å². The fourth-order valence-corrected chi connectivity index (χ4v) is 3.83. The first kappa shape index (κ1) is 18.3. The van der Waals surface area contributed by atoms with Gasteiger partial charge >= 0.3 is 0 Å². The van der Waals surface area contributed by atoms with Crippen LogP contribution in [-0.2, 0) is 4.79 Å². The number of amidine groups is 1. The quantitative estimate of drug-likeness (QED) is 0.447. The maximum Gasteiger partial charge on any atom is 0.264 e. The number of amides is 1. The largest absolute Gasteiger partial charge is 0.504 e. The molecule has 2 aromatic rings. The van der Waals surface area contributed by atoms with Gasteiger partial charge in [0.25, 0.3) is 5.91 Å². The van der Waals surface area contributed by atoms with Crippen molar-refractivity contribution < 1.29 is 14.6 Å². The van der Waals surface area contributed by atoms with Crippen molar-refractivity contribution in [2.24, 2.45) is 4.99 Å². The van der Waals surface area contributed by atoms with E-state index in [1.807, 2.05) is 46.9 Å². The van der Waals surface area contributed by atoms with Crippen LogP contribution in [0.3, 0.4) is 0 Å². The second-order valence-electron chi connectivity index (χ2n) is 5.01. The van der Waals surface area contributed by atoms with Crippen molar-refractivity contribution in [2.45, 2.75) is 0 Å². The second kappa shape index (κ2) is 7.79. The normalized spacial score (nSPS) is 17.2. The lowest BCUT2D eigenvalue weighted by Crippen LogP contribution is -2.19. The smallest absolute Gasteiger partial charge is 0.264 e. The van der Waals surface area contributed by atoms with E-state index < -0.39 is 0 Å². The summed E-state index contributed by atoms with van der Waals surface area (Å²) in [6, 6.07) is 11.0. The Kier molecular flexibility index (Phi) is 5.70. The molecule has 0 bridgehead atoms. The number of halogens is 2. The number of aromatic hydroxyl groups is 1. The van der Waals surface area contributed by atoms with Crippen LogP contribution in [-0.4, -0.2) is 23.3 Å². The summed E-state index contributed by atoms with van der Waals surface area (Å²) < 4.78 is 6.77. The molecule has 5 nitrogen and oxygen atoms in total. The highest BCUT2D eigenvalue weighted by molar-refractivity contribution is 14.1. The van der Waals surface area contributed by atoms with Crippen LogP contribution in [0.1, 0.15) is 5.56 Å². The molecule has 1 aliphatic heterocycles. The summed E-state index contributed by atoms with van der Waals surface area (Å²) in [4.78, 5) is 17.1. The van der Waals surface area contributed by atoms with Gasteiger partial charge in [-0.1, -0.05) is 15.9 Å². The number of carbonyl (C=O) groups excluding carboxylic acids is 1. The summed E-state index contributed by atoms with van der Waals surface area (Å²) in [5, 5.41) is 13.2. The van der Waals surface area contributed by atoms with Crippen molar-refractivity contribution in [3.05, 3.63) is 54.9 Å². The number of ether oxygens (including phenoxy) is 1. The molecule has 0 radical (unpaired) electrons. The molecule has 1 aliphatic rings. The Morgan fingerprint density at radius 3 is 2.72 bits per heavy atom. The van der Waals surface area contributed by atoms with Crippen LogP contribution in [0.4, 0.5) is 5.69 Å². The van der Waals surface area contributed by atoms with Gasteiger partial charge in [-0.05, 0) is 82.4 Å². The van der Waals surface area contributed by atoms with Crippen LogP contribution in [0.15, 0.2) is 50.8 Å². The van der Waals surface area contributed by atoms with Gasteiger partial charge in [-0.2, -0.15) is 0 Å². The van der Waals surface area contributed by atoms with Gasteiger partial charge in [0.2, 0.25) is 0 Å². The Labute approximate surface area is 170 Å². The fraction of sp³-hybridized carbons (Fsp3) is 0.0588. The van der Waals surface area contributed by atoms with Gasteiger partial charge in [0, 0.05) is 4.47 Å². The van der Waals surface area contributed by atoms with Gasteiger partial charge < -0.3 is 15.2 Å². The van der Waals surface area contributed by atoms with E-state index in [0.29, 0.717) is 19.4 Å². The third-order valence-electron chi connectivity index (χ3n) is 3.28. The zero-order valence-electron chi connectivity index (χ0n) is 12.9. The number of methoxy groups -OCH3 is 1. The first-order chi connectivity index (χ1) is 12.0. The summed E-state index contributed by atoms with van der Waals surface area (Å²) in [7, 11) is 1.49. The maximum atomic E-state index is 12.2. The number of benzene rings is 2. The molecule has 0 saturated carbocycles. The molecule has 128 valence electrons. The second-order valence-corrected chi connectivity index (χ2v) is 8.12. The van der Waals surface area contributed by atoms with E-state index in [1.165, 1.54) is 18.9 Å². The molecule has 0 aliphatic carbocycles. The molecule has 3 rings (SSSR count). The highest BCUT2D eigenvalue weighted by atomic mass is 127. The highest BCUT2D eigenvalue weighted by Gasteiger charge is 2.24. The Morgan fingerprint density at radius 2 is 2.04 bits per heavy atom. The maximum absolute atomic E-state index is 12.2. The molecule has 8 heteroatoms. The number of thioether (sulfide) groups is 1. The Hall–Kier alpha value is -1.52. The van der Waals surface area contributed by atoms with Crippen molar-refractivity contribution in [3.8, 4) is 11.5 Å². The molecule has 0 spiro atoms. The average Bonchev–Trinajstić information content (AvgIpc) is 2.92. The Balaban J connectivity index is 1.86. The van der Waals surface area contributed by atoms with E-state index in [4.69, 9.17) is 4.74 Å². The van der Waals surface area contributed by atoms with Crippen LogP contribution in [0.25, 0.3) is 6.08 Å². The van der Waals surface area contributed by atoms with Gasteiger partial charge in [0.1, 0.15) is 0 Å². The first-order valence-electron chi connectivity index (χ1n) is 7.08. The summed E-state index contributed by atoms with van der Waals surface area (Å²) >= 11 is 6.66. The molecule has 1 saturated heterocycles. The van der Waals surface area contributed by atoms with Crippen LogP contribution in [0.2, 0.25) is 0 Å². The summed E-state index contributed by atoms with van der Waals surface area (Å²) in [6.07, 6.45) is 1.74. The fourth-order valence-electron chi connectivity index (χ4n) is 2.10. The topological polar surface area (TPSA) is 70.9 Å². The van der Waals surface area contributed by atoms with Crippen molar-refractivity contribution in [1.82, 2.24) is 5.32 Å². The monoisotopic (exact) mass is 530 g/mol. The third kappa shape index (κ3) is 4.36. The highest BCUT2D eigenvalue weighted by Crippen LogP contribution is 2.35. The molecule has 25 heavy (non-hydrogen) atoms. The predicted octanol–water partition coefficient (Wildman–Crippen LogP) is 4.66. The van der Waals surface area contributed by atoms with E-state index in [0.717, 1.165) is 15.7 Å². The average molecular weight is 531 g/mol. The van der Waals surface area contributed by atoms with Crippen LogP contribution in [0, 0.1) is 3.57 Å². The molecular weight excluding hydrogens is 519 g/mol. The van der Waals surface area contributed by atoms with Gasteiger partial charge in [-0.25, -0.2) is 4.99 Å². The minimum atomic E-state index is -0.206. The van der Waals surface area contributed by atoms with Crippen molar-refractivity contribution >= 4 is 73.1 Å². The number of aliphatic imine (C=N–C) groups is 1. The molecule has 0 unspecified atom stereocenters. The molecule has 1 amide bonds. The summed E-state index contributed by atoms with van der Waals surface area (Å²) in [5.41, 5.74) is 1.52. The Bertz CT molecular complexity index is 898. The molecule has 2 N–H and O–H groups in total. The minimum Gasteiger partial charge on any atom is -0.504 e. The third-order valence-corrected chi connectivity index (χ3v) is 5.54. The number of hydrogen-bond donors (Lipinski definition) is 2. The SMILES string of the molecule is COc1cc(/C=C2/SC(=Nc3ccc(Br)cc3)NC2=O)cc(I)c1O. The number of carbonyl (C=O) groups is 1. The number of hydrogen-bond acceptors (Lipinski definition) is 5. The number of nitrogens with zero attached hydrogens (tertiary/aromatic N) is 1. The number of phenolic OH excluding ortho intramolecular Hbond substituents is 1. The number of phenols is 1. The van der Waals surface area contributed by atoms with Crippen molar-refractivity contribution in [3.63, 3.8) is 0 Å². The molecular formula is C17H12BrIN2O3S. The first-order valence-corrected chi connectivity index (χ1v) is 9.77. The van der Waals surface area contributed by atoms with Crippen LogP contribution in [0.5, 0.6) is 11.5 Å². The van der Waals surface area contributed by atoms with Crippen LogP contribution >= 0.6 is 50.3 Å². The Morgan fingerprint density at radius 1 is 1.32 bits per heavy atom. The lowest BCUT2D eigenvalue weighted by molar-refractivity contribution is -0.115. The van der Waals surface area contributed by atoms with Crippen LogP contribution < -0.4 is 10.1 Å². The molecule has 1 heterocycles. The van der Waals surface area contributed by atoms with Crippen molar-refractivity contribution in [2.75, 3.05) is 7.11 Å². The number of rotatable bonds is 3. The van der Waals surface area contributed by atoms with Crippen molar-refractivity contribution in [1.29, 1.82) is 0 Å². The van der Waals surface area contributed by atoms with Gasteiger partial charge in [0.15, 0.2) is 16.7 Å². The standard InChI is InChI=1S/C17H12BrIN2O3S/c1-24-13-7-9(6-12(19)15(13)22)8-14-16(23)21-17(25-14)20-11-4-2-10(18)3-5-11/h2-8,22H,1H3,(H,20,21,23)/b14-8+. The van der Waals surface area contributed by atoms with E-state index in [1.54, 1.807) is 18.2 Å². The predicted molar refractivity (Wildman–Crippen MR) is 112 cm³/mol.